The van der Waals surface area contributed by atoms with E-state index in [1.807, 2.05) is 18.2 Å². The van der Waals surface area contributed by atoms with E-state index < -0.39 is 0 Å². The molecule has 122 valence electrons. The molecule has 2 N–H and O–H groups in total. The molecule has 1 aromatic heterocycles. The first kappa shape index (κ1) is 16.0. The third-order valence-electron chi connectivity index (χ3n) is 4.75. The minimum Gasteiger partial charge on any atom is -0.354 e. The summed E-state index contributed by atoms with van der Waals surface area (Å²) >= 11 is 0. The molecule has 1 aliphatic rings. The fourth-order valence-corrected chi connectivity index (χ4v) is 3.20. The van der Waals surface area contributed by atoms with E-state index in [2.05, 4.69) is 47.9 Å². The molecule has 3 rings (SSSR count). The van der Waals surface area contributed by atoms with Crippen molar-refractivity contribution >= 4 is 5.82 Å². The summed E-state index contributed by atoms with van der Waals surface area (Å²) in [5.41, 5.74) is 9.68. The van der Waals surface area contributed by atoms with Crippen molar-refractivity contribution in [1.29, 1.82) is 0 Å². The molecule has 1 aliphatic heterocycles. The molecule has 1 atom stereocenters. The number of hydrogen-bond donors (Lipinski definition) is 1. The summed E-state index contributed by atoms with van der Waals surface area (Å²) in [6, 6.07) is 14.4. The van der Waals surface area contributed by atoms with Crippen LogP contribution in [0.1, 0.15) is 29.8 Å². The van der Waals surface area contributed by atoms with Crippen LogP contribution in [0.3, 0.4) is 0 Å². The van der Waals surface area contributed by atoms with E-state index in [9.17, 15) is 0 Å². The Balaban J connectivity index is 1.76. The van der Waals surface area contributed by atoms with Crippen LogP contribution in [0.2, 0.25) is 0 Å². The molecule has 2 heterocycles. The maximum absolute atomic E-state index is 6.42. The Morgan fingerprint density at radius 3 is 2.35 bits per heavy atom. The van der Waals surface area contributed by atoms with Crippen LogP contribution >= 0.6 is 0 Å². The van der Waals surface area contributed by atoms with Gasteiger partial charge in [0, 0.05) is 31.9 Å². The highest BCUT2D eigenvalue weighted by Gasteiger charge is 2.18. The van der Waals surface area contributed by atoms with Gasteiger partial charge in [-0.25, -0.2) is 4.98 Å². The van der Waals surface area contributed by atoms with Gasteiger partial charge < -0.3 is 15.5 Å². The number of benzene rings is 1. The van der Waals surface area contributed by atoms with Gasteiger partial charge in [0.25, 0.3) is 0 Å². The number of likely N-dealkylation sites (N-methyl/N-ethyl adjacent to an activating group) is 1. The normalized spacial score (nSPS) is 17.3. The molecule has 0 spiro atoms. The van der Waals surface area contributed by atoms with Crippen LogP contribution in [0.25, 0.3) is 0 Å². The average Bonchev–Trinajstić information content (AvgIpc) is 2.62. The Labute approximate surface area is 138 Å². The van der Waals surface area contributed by atoms with Gasteiger partial charge in [0.2, 0.25) is 0 Å². The number of rotatable bonds is 4. The fraction of sp³-hybridized carbons (Fsp3) is 0.421. The molecule has 4 heteroatoms. The van der Waals surface area contributed by atoms with Gasteiger partial charge in [-0.3, -0.25) is 0 Å². The summed E-state index contributed by atoms with van der Waals surface area (Å²) in [4.78, 5) is 9.67. The SMILES string of the molecule is CCN1CCN(c2ccc([C@@H](N)c3ccccc3)c(C)n2)CC1. The van der Waals surface area contributed by atoms with Crippen molar-refractivity contribution in [3.63, 3.8) is 0 Å². The summed E-state index contributed by atoms with van der Waals surface area (Å²) in [6.07, 6.45) is 0. The second kappa shape index (κ2) is 7.11. The van der Waals surface area contributed by atoms with Crippen LogP contribution in [0.15, 0.2) is 42.5 Å². The van der Waals surface area contributed by atoms with Crippen LogP contribution in [0.4, 0.5) is 5.82 Å². The number of pyridine rings is 1. The Morgan fingerprint density at radius 1 is 1.04 bits per heavy atom. The zero-order valence-electron chi connectivity index (χ0n) is 14.1. The van der Waals surface area contributed by atoms with Gasteiger partial charge in [-0.15, -0.1) is 0 Å². The van der Waals surface area contributed by atoms with Crippen molar-refractivity contribution in [3.8, 4) is 0 Å². The predicted molar refractivity (Wildman–Crippen MR) is 95.8 cm³/mol. The zero-order chi connectivity index (χ0) is 16.2. The summed E-state index contributed by atoms with van der Waals surface area (Å²) in [5.74, 6) is 1.07. The smallest absolute Gasteiger partial charge is 0.128 e. The monoisotopic (exact) mass is 310 g/mol. The van der Waals surface area contributed by atoms with Crippen molar-refractivity contribution in [2.45, 2.75) is 19.9 Å². The van der Waals surface area contributed by atoms with E-state index in [0.29, 0.717) is 0 Å². The second-order valence-corrected chi connectivity index (χ2v) is 6.15. The first-order chi connectivity index (χ1) is 11.2. The number of anilines is 1. The molecule has 1 aromatic carbocycles. The molecule has 1 saturated heterocycles. The predicted octanol–water partition coefficient (Wildman–Crippen LogP) is 2.58. The molecular formula is C19H26N4. The van der Waals surface area contributed by atoms with Crippen LogP contribution in [-0.4, -0.2) is 42.6 Å². The molecule has 0 amide bonds. The molecule has 1 fully saturated rings. The van der Waals surface area contributed by atoms with Crippen LogP contribution in [-0.2, 0) is 0 Å². The van der Waals surface area contributed by atoms with Crippen molar-refractivity contribution < 1.29 is 0 Å². The number of hydrogen-bond acceptors (Lipinski definition) is 4. The lowest BCUT2D eigenvalue weighted by molar-refractivity contribution is 0.270. The van der Waals surface area contributed by atoms with E-state index in [0.717, 1.165) is 55.4 Å². The second-order valence-electron chi connectivity index (χ2n) is 6.15. The molecule has 0 unspecified atom stereocenters. The minimum atomic E-state index is -0.116. The maximum atomic E-state index is 6.42. The van der Waals surface area contributed by atoms with E-state index in [4.69, 9.17) is 10.7 Å². The van der Waals surface area contributed by atoms with Crippen molar-refractivity contribution in [2.24, 2.45) is 5.73 Å². The molecule has 23 heavy (non-hydrogen) atoms. The van der Waals surface area contributed by atoms with Crippen LogP contribution < -0.4 is 10.6 Å². The lowest BCUT2D eigenvalue weighted by Crippen LogP contribution is -2.46. The highest BCUT2D eigenvalue weighted by Crippen LogP contribution is 2.24. The van der Waals surface area contributed by atoms with E-state index >= 15 is 0 Å². The molecule has 0 saturated carbocycles. The van der Waals surface area contributed by atoms with Gasteiger partial charge in [0.15, 0.2) is 0 Å². The number of nitrogens with zero attached hydrogens (tertiary/aromatic N) is 3. The van der Waals surface area contributed by atoms with E-state index in [1.165, 1.54) is 0 Å². The highest BCUT2D eigenvalue weighted by molar-refractivity contribution is 5.44. The van der Waals surface area contributed by atoms with Gasteiger partial charge in [-0.05, 0) is 30.7 Å². The summed E-state index contributed by atoms with van der Waals surface area (Å²) in [5, 5.41) is 0. The zero-order valence-corrected chi connectivity index (χ0v) is 14.1. The van der Waals surface area contributed by atoms with Gasteiger partial charge in [-0.1, -0.05) is 43.3 Å². The largest absolute Gasteiger partial charge is 0.354 e. The fourth-order valence-electron chi connectivity index (χ4n) is 3.20. The standard InChI is InChI=1S/C19H26N4/c1-3-22-11-13-23(14-12-22)18-10-9-17(15(2)21-18)19(20)16-7-5-4-6-8-16/h4-10,19H,3,11-14,20H2,1-2H3/t19-/m0/s1. The Hall–Kier alpha value is -1.91. The molecule has 4 nitrogen and oxygen atoms in total. The molecular weight excluding hydrogens is 284 g/mol. The lowest BCUT2D eigenvalue weighted by atomic mass is 9.98. The number of aryl methyl sites for hydroxylation is 1. The van der Waals surface area contributed by atoms with Gasteiger partial charge in [0.05, 0.1) is 6.04 Å². The highest BCUT2D eigenvalue weighted by atomic mass is 15.3. The summed E-state index contributed by atoms with van der Waals surface area (Å²) < 4.78 is 0. The molecule has 0 radical (unpaired) electrons. The third-order valence-corrected chi connectivity index (χ3v) is 4.75. The van der Waals surface area contributed by atoms with Crippen LogP contribution in [0.5, 0.6) is 0 Å². The van der Waals surface area contributed by atoms with Crippen molar-refractivity contribution in [2.75, 3.05) is 37.6 Å². The first-order valence-electron chi connectivity index (χ1n) is 8.44. The van der Waals surface area contributed by atoms with Gasteiger partial charge in [0.1, 0.15) is 5.82 Å². The minimum absolute atomic E-state index is 0.116. The van der Waals surface area contributed by atoms with E-state index in [-0.39, 0.29) is 6.04 Å². The van der Waals surface area contributed by atoms with Crippen molar-refractivity contribution in [1.82, 2.24) is 9.88 Å². The van der Waals surface area contributed by atoms with Gasteiger partial charge in [-0.2, -0.15) is 0 Å². The Morgan fingerprint density at radius 2 is 1.74 bits per heavy atom. The quantitative estimate of drug-likeness (QED) is 0.943. The number of aromatic nitrogens is 1. The van der Waals surface area contributed by atoms with Crippen LogP contribution in [0, 0.1) is 6.92 Å². The van der Waals surface area contributed by atoms with E-state index in [1.54, 1.807) is 0 Å². The topological polar surface area (TPSA) is 45.4 Å². The lowest BCUT2D eigenvalue weighted by Gasteiger charge is -2.35. The van der Waals surface area contributed by atoms with Gasteiger partial charge >= 0.3 is 0 Å². The molecule has 2 aromatic rings. The summed E-state index contributed by atoms with van der Waals surface area (Å²) in [6.45, 7) is 9.73. The number of nitrogens with two attached hydrogens (primary N) is 1. The first-order valence-corrected chi connectivity index (χ1v) is 8.44. The summed E-state index contributed by atoms with van der Waals surface area (Å²) in [7, 11) is 0. The average molecular weight is 310 g/mol. The molecule has 0 bridgehead atoms. The maximum Gasteiger partial charge on any atom is 0.128 e. The Kier molecular flexibility index (Phi) is 4.94. The Bertz CT molecular complexity index is 633. The number of piperazine rings is 1. The third kappa shape index (κ3) is 3.54. The van der Waals surface area contributed by atoms with Crippen molar-refractivity contribution in [3.05, 3.63) is 59.3 Å². The molecule has 0 aliphatic carbocycles.